The first-order chi connectivity index (χ1) is 17.3. The highest BCUT2D eigenvalue weighted by Gasteiger charge is 2.33. The Hall–Kier alpha value is -4.01. The number of nitrogens with zero attached hydrogens (tertiary/aromatic N) is 2. The summed E-state index contributed by atoms with van der Waals surface area (Å²) in [6.07, 6.45) is -0.700. The van der Waals surface area contributed by atoms with E-state index in [1.54, 1.807) is 41.8 Å². The van der Waals surface area contributed by atoms with Crippen LogP contribution in [0.1, 0.15) is 16.7 Å². The van der Waals surface area contributed by atoms with Gasteiger partial charge in [-0.2, -0.15) is 0 Å². The molecule has 0 N–H and O–H groups in total. The van der Waals surface area contributed by atoms with Crippen LogP contribution in [-0.2, 0) is 9.59 Å². The first-order valence-corrected chi connectivity index (χ1v) is 11.9. The lowest BCUT2D eigenvalue weighted by Crippen LogP contribution is -2.55. The highest BCUT2D eigenvalue weighted by Crippen LogP contribution is 2.32. The molecule has 2 amide bonds. The largest absolute Gasteiger partial charge is 0.485 e. The summed E-state index contributed by atoms with van der Waals surface area (Å²) < 4.78 is 22.8. The van der Waals surface area contributed by atoms with Gasteiger partial charge in [0.15, 0.2) is 18.1 Å². The monoisotopic (exact) mass is 492 g/mol. The summed E-state index contributed by atoms with van der Waals surface area (Å²) in [6, 6.07) is 10.9. The standard InChI is InChI=1S/C27H28N2O7/c1-16-17(2)27(32)36-25-18(3)20(9-8-19(16)25)34-15-24(30)28-10-12-29(13-11-28)26(31)23-14-33-21-6-4-5-7-22(21)35-23/h4-9,23H,10-15H2,1-3H3. The van der Waals surface area contributed by atoms with Gasteiger partial charge in [-0.1, -0.05) is 12.1 Å². The third-order valence-electron chi connectivity index (χ3n) is 6.90. The summed E-state index contributed by atoms with van der Waals surface area (Å²) in [5.41, 5.74) is 2.21. The number of carbonyl (C=O) groups is 2. The van der Waals surface area contributed by atoms with Crippen molar-refractivity contribution in [3.8, 4) is 17.2 Å². The van der Waals surface area contributed by atoms with Gasteiger partial charge in [-0.25, -0.2) is 4.79 Å². The molecule has 0 saturated carbocycles. The molecule has 1 unspecified atom stereocenters. The number of para-hydroxylation sites is 2. The zero-order valence-corrected chi connectivity index (χ0v) is 20.5. The lowest BCUT2D eigenvalue weighted by Gasteiger charge is -2.37. The van der Waals surface area contributed by atoms with Crippen LogP contribution in [0, 0.1) is 20.8 Å². The summed E-state index contributed by atoms with van der Waals surface area (Å²) in [4.78, 5) is 41.2. The number of benzene rings is 2. The number of carbonyl (C=O) groups excluding carboxylic acids is 2. The van der Waals surface area contributed by atoms with E-state index in [0.717, 1.165) is 10.9 Å². The lowest BCUT2D eigenvalue weighted by atomic mass is 10.0. The summed E-state index contributed by atoms with van der Waals surface area (Å²) in [5, 5.41) is 0.847. The van der Waals surface area contributed by atoms with E-state index >= 15 is 0 Å². The Morgan fingerprint density at radius 1 is 0.917 bits per heavy atom. The average molecular weight is 493 g/mol. The molecule has 2 aromatic carbocycles. The van der Waals surface area contributed by atoms with Gasteiger partial charge < -0.3 is 28.4 Å². The van der Waals surface area contributed by atoms with E-state index in [0.29, 0.717) is 60.1 Å². The number of ether oxygens (including phenoxy) is 3. The predicted octanol–water partition coefficient (Wildman–Crippen LogP) is 2.61. The molecule has 5 rings (SSSR count). The molecule has 0 bridgehead atoms. The molecule has 0 spiro atoms. The van der Waals surface area contributed by atoms with Crippen LogP contribution in [0.25, 0.3) is 11.0 Å². The number of hydrogen-bond donors (Lipinski definition) is 0. The molecule has 0 radical (unpaired) electrons. The van der Waals surface area contributed by atoms with Gasteiger partial charge in [0, 0.05) is 42.7 Å². The normalized spacial score (nSPS) is 17.2. The number of rotatable bonds is 4. The Bertz CT molecular complexity index is 1390. The quantitative estimate of drug-likeness (QED) is 0.517. The molecule has 0 aliphatic carbocycles. The zero-order valence-electron chi connectivity index (χ0n) is 20.5. The van der Waals surface area contributed by atoms with Crippen molar-refractivity contribution in [2.45, 2.75) is 26.9 Å². The van der Waals surface area contributed by atoms with Crippen LogP contribution < -0.4 is 19.8 Å². The van der Waals surface area contributed by atoms with Crippen molar-refractivity contribution in [2.24, 2.45) is 0 Å². The Labute approximate surface area is 208 Å². The van der Waals surface area contributed by atoms with E-state index < -0.39 is 6.10 Å². The van der Waals surface area contributed by atoms with E-state index in [1.165, 1.54) is 0 Å². The molecule has 9 nitrogen and oxygen atoms in total. The van der Waals surface area contributed by atoms with Crippen LogP contribution in [0.15, 0.2) is 45.6 Å². The van der Waals surface area contributed by atoms with Crippen LogP contribution in [0.2, 0.25) is 0 Å². The molecule has 2 aliphatic heterocycles. The second kappa shape index (κ2) is 9.56. The van der Waals surface area contributed by atoms with Crippen LogP contribution >= 0.6 is 0 Å². The fraction of sp³-hybridized carbons (Fsp3) is 0.370. The van der Waals surface area contributed by atoms with Crippen LogP contribution in [0.3, 0.4) is 0 Å². The average Bonchev–Trinajstić information content (AvgIpc) is 2.91. The molecule has 3 heterocycles. The number of fused-ring (bicyclic) bond motifs is 2. The van der Waals surface area contributed by atoms with Gasteiger partial charge in [0.2, 0.25) is 6.10 Å². The molecular formula is C27H28N2O7. The van der Waals surface area contributed by atoms with E-state index in [2.05, 4.69) is 0 Å². The van der Waals surface area contributed by atoms with Crippen LogP contribution in [-0.4, -0.2) is 67.1 Å². The van der Waals surface area contributed by atoms with E-state index in [1.807, 2.05) is 25.1 Å². The molecule has 1 fully saturated rings. The minimum Gasteiger partial charge on any atom is -0.485 e. The molecular weight excluding hydrogens is 464 g/mol. The third kappa shape index (κ3) is 4.36. The summed E-state index contributed by atoms with van der Waals surface area (Å²) in [6.45, 7) is 7.06. The van der Waals surface area contributed by atoms with Crippen molar-refractivity contribution in [1.82, 2.24) is 9.80 Å². The fourth-order valence-corrected chi connectivity index (χ4v) is 4.53. The number of aryl methyl sites for hydroxylation is 2. The fourth-order valence-electron chi connectivity index (χ4n) is 4.53. The van der Waals surface area contributed by atoms with Gasteiger partial charge in [0.05, 0.1) is 0 Å². The molecule has 1 atom stereocenters. The number of amides is 2. The third-order valence-corrected chi connectivity index (χ3v) is 6.90. The molecule has 3 aromatic rings. The molecule has 36 heavy (non-hydrogen) atoms. The lowest BCUT2D eigenvalue weighted by molar-refractivity contribution is -0.146. The number of piperazine rings is 1. The van der Waals surface area contributed by atoms with Gasteiger partial charge in [0.25, 0.3) is 11.8 Å². The van der Waals surface area contributed by atoms with Crippen molar-refractivity contribution >= 4 is 22.8 Å². The maximum absolute atomic E-state index is 12.9. The summed E-state index contributed by atoms with van der Waals surface area (Å²) in [7, 11) is 0. The second-order valence-corrected chi connectivity index (χ2v) is 9.06. The second-order valence-electron chi connectivity index (χ2n) is 9.06. The highest BCUT2D eigenvalue weighted by atomic mass is 16.6. The molecule has 9 heteroatoms. The molecule has 1 aromatic heterocycles. The maximum atomic E-state index is 12.9. The van der Waals surface area contributed by atoms with Gasteiger partial charge >= 0.3 is 5.63 Å². The summed E-state index contributed by atoms with van der Waals surface area (Å²) >= 11 is 0. The van der Waals surface area contributed by atoms with Crippen molar-refractivity contribution < 1.29 is 28.2 Å². The molecule has 188 valence electrons. The van der Waals surface area contributed by atoms with Crippen molar-refractivity contribution in [3.63, 3.8) is 0 Å². The molecule has 2 aliphatic rings. The van der Waals surface area contributed by atoms with Crippen LogP contribution in [0.4, 0.5) is 0 Å². The van der Waals surface area contributed by atoms with Gasteiger partial charge in [-0.05, 0) is 50.6 Å². The number of hydrogen-bond acceptors (Lipinski definition) is 7. The minimum atomic E-state index is -0.700. The zero-order chi connectivity index (χ0) is 25.4. The topological polar surface area (TPSA) is 98.5 Å². The SMILES string of the molecule is Cc1c(C)c2ccc(OCC(=O)N3CCN(C(=O)C4COc5ccccc5O4)CC3)c(C)c2oc1=O. The van der Waals surface area contributed by atoms with Crippen molar-refractivity contribution in [1.29, 1.82) is 0 Å². The van der Waals surface area contributed by atoms with E-state index in [9.17, 15) is 14.4 Å². The van der Waals surface area contributed by atoms with Gasteiger partial charge in [-0.3, -0.25) is 9.59 Å². The molecule has 1 saturated heterocycles. The Morgan fingerprint density at radius 2 is 1.61 bits per heavy atom. The maximum Gasteiger partial charge on any atom is 0.339 e. The van der Waals surface area contributed by atoms with Crippen LogP contribution in [0.5, 0.6) is 17.2 Å². The van der Waals surface area contributed by atoms with E-state index in [4.69, 9.17) is 18.6 Å². The summed E-state index contributed by atoms with van der Waals surface area (Å²) in [5.74, 6) is 1.36. The van der Waals surface area contributed by atoms with E-state index in [-0.39, 0.29) is 30.7 Å². The highest BCUT2D eigenvalue weighted by molar-refractivity contribution is 5.86. The first kappa shape index (κ1) is 23.7. The first-order valence-electron chi connectivity index (χ1n) is 11.9. The van der Waals surface area contributed by atoms with Gasteiger partial charge in [0.1, 0.15) is 17.9 Å². The van der Waals surface area contributed by atoms with Crippen molar-refractivity contribution in [3.05, 3.63) is 63.5 Å². The Balaban J connectivity index is 1.16. The van der Waals surface area contributed by atoms with Crippen molar-refractivity contribution in [2.75, 3.05) is 39.4 Å². The predicted molar refractivity (Wildman–Crippen MR) is 132 cm³/mol. The van der Waals surface area contributed by atoms with Gasteiger partial charge in [-0.15, -0.1) is 0 Å². The minimum absolute atomic E-state index is 0.147. The Kier molecular flexibility index (Phi) is 6.30. The Morgan fingerprint density at radius 3 is 2.36 bits per heavy atom. The smallest absolute Gasteiger partial charge is 0.339 e.